The fraction of sp³-hybridized carbons (Fsp3) is 0.367. The van der Waals surface area contributed by atoms with E-state index in [-0.39, 0.29) is 25.4 Å². The van der Waals surface area contributed by atoms with Gasteiger partial charge in [0.1, 0.15) is 29.7 Å². The van der Waals surface area contributed by atoms with Crippen molar-refractivity contribution in [3.05, 3.63) is 65.0 Å². The highest BCUT2D eigenvalue weighted by Crippen LogP contribution is 2.39. The number of carboxylic acid groups (broad SMARTS) is 1. The van der Waals surface area contributed by atoms with Crippen LogP contribution in [0.15, 0.2) is 42.1 Å². The van der Waals surface area contributed by atoms with Gasteiger partial charge in [-0.3, -0.25) is 4.57 Å². The van der Waals surface area contributed by atoms with Crippen molar-refractivity contribution < 1.29 is 33.6 Å². The summed E-state index contributed by atoms with van der Waals surface area (Å²) in [7, 11) is 3.11. The van der Waals surface area contributed by atoms with Crippen LogP contribution in [0.1, 0.15) is 49.6 Å². The molecule has 0 saturated carbocycles. The highest BCUT2D eigenvalue weighted by atomic mass is 16.7. The lowest BCUT2D eigenvalue weighted by Crippen LogP contribution is -2.11. The van der Waals surface area contributed by atoms with Crippen molar-refractivity contribution in [3.63, 3.8) is 0 Å². The number of nitrogens with zero attached hydrogens (tertiary/aromatic N) is 6. The molecule has 2 aromatic carbocycles. The summed E-state index contributed by atoms with van der Waals surface area (Å²) in [6.45, 7) is 4.87. The van der Waals surface area contributed by atoms with Gasteiger partial charge in [-0.25, -0.2) is 14.5 Å². The van der Waals surface area contributed by atoms with Gasteiger partial charge in [0.2, 0.25) is 6.79 Å². The number of fused-ring (bicyclic) bond motifs is 1. The van der Waals surface area contributed by atoms with Gasteiger partial charge < -0.3 is 28.8 Å². The number of imidazole rings is 1. The molecule has 0 fully saturated rings. The summed E-state index contributed by atoms with van der Waals surface area (Å²) in [5.74, 6) is 2.98. The van der Waals surface area contributed by atoms with E-state index in [2.05, 4.69) is 22.4 Å². The molecule has 13 heteroatoms. The first-order valence-corrected chi connectivity index (χ1v) is 14.0. The number of aliphatic carboxylic acids is 1. The summed E-state index contributed by atoms with van der Waals surface area (Å²) in [6.07, 6.45) is 5.93. The highest BCUT2D eigenvalue weighted by Gasteiger charge is 2.22. The summed E-state index contributed by atoms with van der Waals surface area (Å²) in [5.41, 5.74) is 2.05. The van der Waals surface area contributed by atoms with Gasteiger partial charge in [-0.15, -0.1) is 5.10 Å². The van der Waals surface area contributed by atoms with Crippen LogP contribution in [-0.4, -0.2) is 61.8 Å². The molecule has 1 aliphatic heterocycles. The third kappa shape index (κ3) is 6.40. The third-order valence-corrected chi connectivity index (χ3v) is 7.04. The second-order valence-electron chi connectivity index (χ2n) is 9.74. The smallest absolute Gasteiger partial charge is 0.331 e. The van der Waals surface area contributed by atoms with Gasteiger partial charge in [-0.05, 0) is 48.0 Å². The van der Waals surface area contributed by atoms with Crippen LogP contribution in [0.5, 0.6) is 28.7 Å². The Morgan fingerprint density at radius 3 is 2.60 bits per heavy atom. The molecule has 0 unspecified atom stereocenters. The van der Waals surface area contributed by atoms with Gasteiger partial charge in [0.15, 0.2) is 17.3 Å². The lowest BCUT2D eigenvalue weighted by atomic mass is 10.0. The maximum atomic E-state index is 12.6. The minimum absolute atomic E-state index is 0.0796. The minimum atomic E-state index is -1.07. The summed E-state index contributed by atoms with van der Waals surface area (Å²) >= 11 is 0. The second kappa shape index (κ2) is 13.3. The number of hydrogen-bond acceptors (Lipinski definition) is 10. The molecule has 0 bridgehead atoms. The van der Waals surface area contributed by atoms with Gasteiger partial charge in [0, 0.05) is 42.7 Å². The van der Waals surface area contributed by atoms with Crippen molar-refractivity contribution >= 4 is 12.0 Å². The Morgan fingerprint density at radius 1 is 1.07 bits per heavy atom. The van der Waals surface area contributed by atoms with Crippen molar-refractivity contribution in [1.29, 1.82) is 0 Å². The SMILES string of the molecule is CCCCc1ncc(C=C(Cc2cc3c(cc2OC)OCO3)C(=O)O)n1-c1ccc(OC)cc1OCc1nnnn1CC. The predicted molar refractivity (Wildman–Crippen MR) is 155 cm³/mol. The number of unbranched alkanes of at least 4 members (excludes halogenated alkanes) is 1. The van der Waals surface area contributed by atoms with E-state index < -0.39 is 5.97 Å². The molecule has 2 aromatic heterocycles. The summed E-state index contributed by atoms with van der Waals surface area (Å²) in [5, 5.41) is 22.1. The first-order valence-electron chi connectivity index (χ1n) is 14.0. The van der Waals surface area contributed by atoms with Crippen LogP contribution in [0.2, 0.25) is 0 Å². The molecule has 0 atom stereocenters. The van der Waals surface area contributed by atoms with Crippen LogP contribution in [0.4, 0.5) is 0 Å². The Balaban J connectivity index is 1.57. The number of methoxy groups -OCH3 is 2. The largest absolute Gasteiger partial charge is 0.497 e. The summed E-state index contributed by atoms with van der Waals surface area (Å²) < 4.78 is 31.8. The number of carbonyl (C=O) groups is 1. The number of benzene rings is 2. The zero-order valence-corrected chi connectivity index (χ0v) is 24.6. The van der Waals surface area contributed by atoms with Crippen molar-refractivity contribution in [2.24, 2.45) is 0 Å². The normalized spacial score (nSPS) is 12.4. The molecule has 0 spiro atoms. The molecule has 1 N–H and O–H groups in total. The van der Waals surface area contributed by atoms with Crippen LogP contribution in [0, 0.1) is 0 Å². The van der Waals surface area contributed by atoms with E-state index in [1.165, 1.54) is 7.11 Å². The molecule has 0 radical (unpaired) electrons. The second-order valence-corrected chi connectivity index (χ2v) is 9.74. The highest BCUT2D eigenvalue weighted by molar-refractivity contribution is 5.92. The first kappa shape index (κ1) is 29.4. The van der Waals surface area contributed by atoms with Crippen LogP contribution in [-0.2, 0) is 30.8 Å². The average Bonchev–Trinajstić information content (AvgIpc) is 3.77. The molecule has 0 saturated heterocycles. The van der Waals surface area contributed by atoms with Crippen LogP contribution in [0.25, 0.3) is 11.8 Å². The zero-order valence-electron chi connectivity index (χ0n) is 24.6. The van der Waals surface area contributed by atoms with Gasteiger partial charge in [-0.1, -0.05) is 13.3 Å². The van der Waals surface area contributed by atoms with Crippen LogP contribution in [0.3, 0.4) is 0 Å². The maximum absolute atomic E-state index is 12.6. The standard InChI is InChI=1S/C30H34N6O7/c1-5-7-8-28-31-16-21(12-20(30(37)38)11-19-13-26-27(43-18-42-26)15-24(19)40-4)36(28)23-10-9-22(39-3)14-25(23)41-17-29-32-33-34-35(29)6-2/h9-10,12-16H,5-8,11,17-18H2,1-4H3,(H,37,38). The van der Waals surface area contributed by atoms with Gasteiger partial charge in [0.25, 0.3) is 0 Å². The van der Waals surface area contributed by atoms with Crippen molar-refractivity contribution in [1.82, 2.24) is 29.8 Å². The molecule has 0 aliphatic carbocycles. The number of rotatable bonds is 14. The minimum Gasteiger partial charge on any atom is -0.497 e. The molecule has 4 aromatic rings. The molecule has 13 nitrogen and oxygen atoms in total. The maximum Gasteiger partial charge on any atom is 0.331 e. The van der Waals surface area contributed by atoms with E-state index in [9.17, 15) is 9.90 Å². The van der Waals surface area contributed by atoms with Gasteiger partial charge in [-0.2, -0.15) is 0 Å². The number of aryl methyl sites for hydroxylation is 2. The Kier molecular flexibility index (Phi) is 9.08. The Labute approximate surface area is 248 Å². The Morgan fingerprint density at radius 2 is 1.88 bits per heavy atom. The fourth-order valence-electron chi connectivity index (χ4n) is 4.80. The van der Waals surface area contributed by atoms with Crippen molar-refractivity contribution in [3.8, 4) is 34.4 Å². The zero-order chi connectivity index (χ0) is 30.3. The molecule has 0 amide bonds. The lowest BCUT2D eigenvalue weighted by molar-refractivity contribution is -0.132. The van der Waals surface area contributed by atoms with Crippen molar-refractivity contribution in [2.45, 2.75) is 52.7 Å². The number of aromatic nitrogens is 6. The molecule has 3 heterocycles. The van der Waals surface area contributed by atoms with E-state index >= 15 is 0 Å². The Bertz CT molecular complexity index is 1630. The molecule has 226 valence electrons. The van der Waals surface area contributed by atoms with Crippen molar-refractivity contribution in [2.75, 3.05) is 21.0 Å². The Hall–Kier alpha value is -5.07. The summed E-state index contributed by atoms with van der Waals surface area (Å²) in [6, 6.07) is 8.93. The van der Waals surface area contributed by atoms with E-state index in [4.69, 9.17) is 28.7 Å². The topological polar surface area (TPSA) is 145 Å². The third-order valence-electron chi connectivity index (χ3n) is 7.04. The molecule has 5 rings (SSSR count). The monoisotopic (exact) mass is 590 g/mol. The molecule has 1 aliphatic rings. The number of hydrogen-bond donors (Lipinski definition) is 1. The van der Waals surface area contributed by atoms with E-state index in [0.29, 0.717) is 64.5 Å². The number of carboxylic acids is 1. The fourth-order valence-corrected chi connectivity index (χ4v) is 4.80. The summed E-state index contributed by atoms with van der Waals surface area (Å²) in [4.78, 5) is 17.2. The van der Waals surface area contributed by atoms with Gasteiger partial charge in [0.05, 0.1) is 31.8 Å². The van der Waals surface area contributed by atoms with E-state index in [1.807, 2.05) is 23.6 Å². The predicted octanol–water partition coefficient (Wildman–Crippen LogP) is 4.26. The lowest BCUT2D eigenvalue weighted by Gasteiger charge is -2.17. The van der Waals surface area contributed by atoms with Crippen LogP contribution < -0.4 is 23.7 Å². The van der Waals surface area contributed by atoms with E-state index in [0.717, 1.165) is 18.7 Å². The molecule has 43 heavy (non-hydrogen) atoms. The first-order chi connectivity index (χ1) is 20.9. The van der Waals surface area contributed by atoms with E-state index in [1.54, 1.807) is 42.3 Å². The number of ether oxygens (including phenoxy) is 5. The number of tetrazole rings is 1. The molecular formula is C30H34N6O7. The average molecular weight is 591 g/mol. The van der Waals surface area contributed by atoms with Gasteiger partial charge >= 0.3 is 5.97 Å². The van der Waals surface area contributed by atoms with Crippen LogP contribution >= 0.6 is 0 Å². The molecular weight excluding hydrogens is 556 g/mol. The quantitative estimate of drug-likeness (QED) is 0.210.